The molecule has 1 aromatic rings. The molecule has 0 saturated heterocycles. The second-order valence-corrected chi connectivity index (χ2v) is 4.15. The van der Waals surface area contributed by atoms with Gasteiger partial charge in [-0.1, -0.05) is 6.08 Å². The molecule has 1 aromatic heterocycles. The van der Waals surface area contributed by atoms with Crippen LogP contribution < -0.4 is 0 Å². The number of pyridine rings is 1. The second kappa shape index (κ2) is 4.56. The number of ketones is 1. The summed E-state index contributed by atoms with van der Waals surface area (Å²) in [6, 6.07) is 3.00. The Hall–Kier alpha value is -1.51. The molecular weight excluding hydrogens is 205 g/mol. The Morgan fingerprint density at radius 1 is 1.56 bits per heavy atom. The molecule has 0 amide bonds. The van der Waals surface area contributed by atoms with Crippen LogP contribution in [0.5, 0.6) is 0 Å². The van der Waals surface area contributed by atoms with Crippen LogP contribution in [0.1, 0.15) is 31.9 Å². The topological polar surface area (TPSA) is 30.0 Å². The molecule has 84 valence electrons. The highest BCUT2D eigenvalue weighted by atomic mass is 19.1. The lowest BCUT2D eigenvalue weighted by molar-refractivity contribution is -0.120. The van der Waals surface area contributed by atoms with Gasteiger partial charge in [-0.05, 0) is 43.9 Å². The van der Waals surface area contributed by atoms with Gasteiger partial charge in [0.15, 0.2) is 0 Å². The smallest absolute Gasteiger partial charge is 0.149 e. The zero-order valence-electron chi connectivity index (χ0n) is 9.24. The third-order valence-corrected chi connectivity index (χ3v) is 3.05. The largest absolute Gasteiger partial charge is 0.300 e. The van der Waals surface area contributed by atoms with E-state index in [0.29, 0.717) is 12.1 Å². The number of carbonyl (C=O) groups excluding carboxylic acids is 1. The Morgan fingerprint density at radius 2 is 2.38 bits per heavy atom. The molecule has 1 heterocycles. The van der Waals surface area contributed by atoms with Crippen LogP contribution in [0.25, 0.3) is 5.57 Å². The lowest BCUT2D eigenvalue weighted by Gasteiger charge is -2.19. The van der Waals surface area contributed by atoms with E-state index in [-0.39, 0.29) is 17.5 Å². The number of aromatic nitrogens is 1. The Labute approximate surface area is 94.2 Å². The van der Waals surface area contributed by atoms with Crippen molar-refractivity contribution in [2.75, 3.05) is 0 Å². The van der Waals surface area contributed by atoms with E-state index in [0.717, 1.165) is 18.4 Å². The van der Waals surface area contributed by atoms with E-state index in [2.05, 4.69) is 4.98 Å². The van der Waals surface area contributed by atoms with E-state index in [1.165, 1.54) is 6.07 Å². The first kappa shape index (κ1) is 11.0. The van der Waals surface area contributed by atoms with Crippen LogP contribution in [0.4, 0.5) is 4.39 Å². The van der Waals surface area contributed by atoms with Crippen molar-refractivity contribution in [3.63, 3.8) is 0 Å². The minimum absolute atomic E-state index is 0.107. The minimum Gasteiger partial charge on any atom is -0.300 e. The van der Waals surface area contributed by atoms with Gasteiger partial charge in [0.05, 0.1) is 0 Å². The highest BCUT2D eigenvalue weighted by Gasteiger charge is 2.20. The lowest BCUT2D eigenvalue weighted by Crippen LogP contribution is -2.14. The maximum Gasteiger partial charge on any atom is 0.149 e. The summed E-state index contributed by atoms with van der Waals surface area (Å²) < 4.78 is 13.5. The molecule has 0 saturated carbocycles. The van der Waals surface area contributed by atoms with Crippen LogP contribution in [0, 0.1) is 11.7 Å². The molecule has 1 aliphatic carbocycles. The molecule has 3 heteroatoms. The van der Waals surface area contributed by atoms with Crippen molar-refractivity contribution < 1.29 is 9.18 Å². The normalized spacial score (nSPS) is 20.4. The number of Topliss-reactive ketones (excluding diaryl/α,β-unsaturated/α-hetero) is 1. The van der Waals surface area contributed by atoms with Gasteiger partial charge in [-0.2, -0.15) is 0 Å². The summed E-state index contributed by atoms with van der Waals surface area (Å²) in [5, 5.41) is 0. The van der Waals surface area contributed by atoms with E-state index in [1.54, 1.807) is 19.2 Å². The number of allylic oxidation sites excluding steroid dienone is 2. The first-order valence-electron chi connectivity index (χ1n) is 5.49. The number of rotatable bonds is 2. The van der Waals surface area contributed by atoms with Crippen LogP contribution >= 0.6 is 0 Å². The standard InChI is InChI=1S/C13H14FNO/c1-9(16)10-4-6-11(7-5-10)13-12(14)3-2-8-15-13/h2-3,6,8,10H,4-5,7H2,1H3. The number of nitrogens with zero attached hydrogens (tertiary/aromatic N) is 1. The van der Waals surface area contributed by atoms with Crippen molar-refractivity contribution >= 4 is 11.4 Å². The summed E-state index contributed by atoms with van der Waals surface area (Å²) in [4.78, 5) is 15.2. The molecule has 0 spiro atoms. The van der Waals surface area contributed by atoms with E-state index in [1.807, 2.05) is 6.08 Å². The fraction of sp³-hybridized carbons (Fsp3) is 0.385. The number of hydrogen-bond acceptors (Lipinski definition) is 2. The van der Waals surface area contributed by atoms with Gasteiger partial charge in [0.2, 0.25) is 0 Å². The second-order valence-electron chi connectivity index (χ2n) is 4.15. The van der Waals surface area contributed by atoms with Gasteiger partial charge in [-0.25, -0.2) is 4.39 Å². The molecule has 0 radical (unpaired) electrons. The van der Waals surface area contributed by atoms with E-state index >= 15 is 0 Å². The Morgan fingerprint density at radius 3 is 2.94 bits per heavy atom. The molecule has 0 aromatic carbocycles. The Bertz CT molecular complexity index is 439. The van der Waals surface area contributed by atoms with Crippen molar-refractivity contribution in [2.45, 2.75) is 26.2 Å². The van der Waals surface area contributed by atoms with Crippen LogP contribution in [0.15, 0.2) is 24.4 Å². The molecule has 0 aliphatic heterocycles. The van der Waals surface area contributed by atoms with Crippen molar-refractivity contribution in [1.82, 2.24) is 4.98 Å². The predicted octanol–water partition coefficient (Wildman–Crippen LogP) is 2.99. The van der Waals surface area contributed by atoms with Crippen LogP contribution in [0.3, 0.4) is 0 Å². The predicted molar refractivity (Wildman–Crippen MR) is 60.2 cm³/mol. The molecule has 1 unspecified atom stereocenters. The SMILES string of the molecule is CC(=O)C1CC=C(c2ncccc2F)CC1. The summed E-state index contributed by atoms with van der Waals surface area (Å²) in [7, 11) is 0. The van der Waals surface area contributed by atoms with E-state index < -0.39 is 0 Å². The minimum atomic E-state index is -0.282. The average Bonchev–Trinajstić information content (AvgIpc) is 2.30. The van der Waals surface area contributed by atoms with E-state index in [4.69, 9.17) is 0 Å². The highest BCUT2D eigenvalue weighted by Crippen LogP contribution is 2.30. The van der Waals surface area contributed by atoms with Crippen LogP contribution in [-0.2, 0) is 4.79 Å². The summed E-state index contributed by atoms with van der Waals surface area (Å²) in [5.74, 6) is 0.0438. The molecule has 0 N–H and O–H groups in total. The molecule has 1 atom stereocenters. The fourth-order valence-electron chi connectivity index (χ4n) is 2.04. The monoisotopic (exact) mass is 219 g/mol. The third kappa shape index (κ3) is 2.18. The summed E-state index contributed by atoms with van der Waals surface area (Å²) in [6.07, 6.45) is 5.79. The zero-order chi connectivity index (χ0) is 11.5. The highest BCUT2D eigenvalue weighted by molar-refractivity contribution is 5.80. The summed E-state index contributed by atoms with van der Waals surface area (Å²) >= 11 is 0. The molecular formula is C13H14FNO. The van der Waals surface area contributed by atoms with E-state index in [9.17, 15) is 9.18 Å². The van der Waals surface area contributed by atoms with Gasteiger partial charge in [0, 0.05) is 12.1 Å². The van der Waals surface area contributed by atoms with Gasteiger partial charge in [0.1, 0.15) is 17.3 Å². The van der Waals surface area contributed by atoms with Crippen molar-refractivity contribution in [3.05, 3.63) is 35.9 Å². The molecule has 0 bridgehead atoms. The lowest BCUT2D eigenvalue weighted by atomic mass is 9.86. The summed E-state index contributed by atoms with van der Waals surface area (Å²) in [6.45, 7) is 1.62. The first-order valence-corrected chi connectivity index (χ1v) is 5.49. The van der Waals surface area contributed by atoms with Gasteiger partial charge >= 0.3 is 0 Å². The first-order chi connectivity index (χ1) is 7.68. The quantitative estimate of drug-likeness (QED) is 0.765. The summed E-state index contributed by atoms with van der Waals surface area (Å²) in [5.41, 5.74) is 1.36. The van der Waals surface area contributed by atoms with Gasteiger partial charge < -0.3 is 0 Å². The van der Waals surface area contributed by atoms with Crippen LogP contribution in [-0.4, -0.2) is 10.8 Å². The molecule has 0 fully saturated rings. The van der Waals surface area contributed by atoms with Gasteiger partial charge in [-0.3, -0.25) is 9.78 Å². The van der Waals surface area contributed by atoms with Gasteiger partial charge in [-0.15, -0.1) is 0 Å². The zero-order valence-corrected chi connectivity index (χ0v) is 9.24. The molecule has 2 rings (SSSR count). The Kier molecular flexibility index (Phi) is 3.13. The number of carbonyl (C=O) groups is 1. The maximum absolute atomic E-state index is 13.5. The number of hydrogen-bond donors (Lipinski definition) is 0. The average molecular weight is 219 g/mol. The molecule has 1 aliphatic rings. The molecule has 2 nitrogen and oxygen atoms in total. The fourth-order valence-corrected chi connectivity index (χ4v) is 2.04. The van der Waals surface area contributed by atoms with Gasteiger partial charge in [0.25, 0.3) is 0 Å². The molecule has 16 heavy (non-hydrogen) atoms. The maximum atomic E-state index is 13.5. The van der Waals surface area contributed by atoms with Crippen LogP contribution in [0.2, 0.25) is 0 Å². The number of halogens is 1. The van der Waals surface area contributed by atoms with Crippen molar-refractivity contribution in [1.29, 1.82) is 0 Å². The Balaban J connectivity index is 2.19. The third-order valence-electron chi connectivity index (χ3n) is 3.05. The van der Waals surface area contributed by atoms with Crippen molar-refractivity contribution in [2.24, 2.45) is 5.92 Å². The van der Waals surface area contributed by atoms with Crippen molar-refractivity contribution in [3.8, 4) is 0 Å².